The molecule has 0 atom stereocenters. The normalized spacial score (nSPS) is 12.3. The molecular formula is C14H24N2O2. The first-order valence-electron chi connectivity index (χ1n) is 6.16. The van der Waals surface area contributed by atoms with Crippen molar-refractivity contribution < 1.29 is 10.2 Å². The molecule has 4 heteroatoms. The molecule has 0 aliphatic heterocycles. The highest BCUT2D eigenvalue weighted by molar-refractivity contribution is 5.58. The van der Waals surface area contributed by atoms with Crippen LogP contribution in [0.2, 0.25) is 0 Å². The highest BCUT2D eigenvalue weighted by Crippen LogP contribution is 2.21. The number of nitrogens with one attached hydrogen (secondary N) is 2. The lowest BCUT2D eigenvalue weighted by molar-refractivity contribution is 0.234. The van der Waals surface area contributed by atoms with E-state index in [1.54, 1.807) is 0 Å². The summed E-state index contributed by atoms with van der Waals surface area (Å²) in [5, 5.41) is 25.0. The summed E-state index contributed by atoms with van der Waals surface area (Å²) in [4.78, 5) is 0. The van der Waals surface area contributed by atoms with E-state index < -0.39 is 0 Å². The van der Waals surface area contributed by atoms with Gasteiger partial charge in [-0.05, 0) is 45.9 Å². The standard InChI is InChI=1S/C14H24N2O2/c1-13(2,9-17)15-11-6-5-7-12(8-11)16-14(3,4)10-18/h5-8,15-18H,9-10H2,1-4H3. The van der Waals surface area contributed by atoms with Crippen molar-refractivity contribution >= 4 is 11.4 Å². The largest absolute Gasteiger partial charge is 0.394 e. The van der Waals surface area contributed by atoms with Crippen LogP contribution in [0.4, 0.5) is 11.4 Å². The second-order valence-corrected chi connectivity index (χ2v) is 5.91. The van der Waals surface area contributed by atoms with Gasteiger partial charge < -0.3 is 20.8 Å². The quantitative estimate of drug-likeness (QED) is 0.626. The number of benzene rings is 1. The molecule has 0 spiro atoms. The fraction of sp³-hybridized carbons (Fsp3) is 0.571. The Balaban J connectivity index is 2.80. The third-order valence-electron chi connectivity index (χ3n) is 2.62. The molecule has 0 aromatic heterocycles. The number of aliphatic hydroxyl groups excluding tert-OH is 2. The van der Waals surface area contributed by atoms with E-state index in [-0.39, 0.29) is 24.3 Å². The van der Waals surface area contributed by atoms with Crippen LogP contribution in [-0.2, 0) is 0 Å². The smallest absolute Gasteiger partial charge is 0.0656 e. The summed E-state index contributed by atoms with van der Waals surface area (Å²) >= 11 is 0. The van der Waals surface area contributed by atoms with Crippen LogP contribution in [-0.4, -0.2) is 34.5 Å². The molecule has 0 fully saturated rings. The maximum atomic E-state index is 9.24. The molecule has 0 saturated heterocycles. The molecule has 4 N–H and O–H groups in total. The van der Waals surface area contributed by atoms with Crippen LogP contribution in [0, 0.1) is 0 Å². The van der Waals surface area contributed by atoms with Gasteiger partial charge >= 0.3 is 0 Å². The molecule has 0 amide bonds. The van der Waals surface area contributed by atoms with Crippen molar-refractivity contribution in [3.8, 4) is 0 Å². The van der Waals surface area contributed by atoms with Gasteiger partial charge in [0.25, 0.3) is 0 Å². The van der Waals surface area contributed by atoms with Gasteiger partial charge in [0.05, 0.1) is 24.3 Å². The maximum Gasteiger partial charge on any atom is 0.0656 e. The highest BCUT2D eigenvalue weighted by Gasteiger charge is 2.17. The van der Waals surface area contributed by atoms with Crippen LogP contribution in [0.15, 0.2) is 24.3 Å². The number of anilines is 2. The molecule has 1 aromatic carbocycles. The van der Waals surface area contributed by atoms with E-state index in [9.17, 15) is 10.2 Å². The molecule has 0 bridgehead atoms. The van der Waals surface area contributed by atoms with Crippen LogP contribution in [0.25, 0.3) is 0 Å². The molecule has 0 heterocycles. The van der Waals surface area contributed by atoms with Crippen molar-refractivity contribution in [2.75, 3.05) is 23.8 Å². The first kappa shape index (κ1) is 14.8. The van der Waals surface area contributed by atoms with Gasteiger partial charge in [-0.1, -0.05) is 6.07 Å². The van der Waals surface area contributed by atoms with E-state index in [0.717, 1.165) is 11.4 Å². The summed E-state index contributed by atoms with van der Waals surface area (Å²) in [6.45, 7) is 7.87. The van der Waals surface area contributed by atoms with Crippen molar-refractivity contribution in [2.24, 2.45) is 0 Å². The zero-order chi connectivity index (χ0) is 13.8. The number of aliphatic hydroxyl groups is 2. The minimum atomic E-state index is -0.356. The molecule has 1 rings (SSSR count). The van der Waals surface area contributed by atoms with Crippen LogP contribution in [0.5, 0.6) is 0 Å². The second kappa shape index (κ2) is 5.59. The molecule has 0 unspecified atom stereocenters. The summed E-state index contributed by atoms with van der Waals surface area (Å²) in [6.07, 6.45) is 0. The first-order chi connectivity index (χ1) is 8.28. The van der Waals surface area contributed by atoms with Crippen molar-refractivity contribution in [1.29, 1.82) is 0 Å². The summed E-state index contributed by atoms with van der Waals surface area (Å²) in [6, 6.07) is 7.81. The van der Waals surface area contributed by atoms with E-state index in [2.05, 4.69) is 10.6 Å². The Hall–Kier alpha value is -1.26. The van der Waals surface area contributed by atoms with E-state index in [1.165, 1.54) is 0 Å². The SMILES string of the molecule is CC(C)(CO)Nc1cccc(NC(C)(C)CO)c1. The molecule has 1 aromatic rings. The minimum absolute atomic E-state index is 0.0623. The predicted molar refractivity (Wildman–Crippen MR) is 76.0 cm³/mol. The van der Waals surface area contributed by atoms with E-state index in [0.29, 0.717) is 0 Å². The summed E-state index contributed by atoms with van der Waals surface area (Å²) in [5.41, 5.74) is 1.16. The van der Waals surface area contributed by atoms with Crippen LogP contribution in [0.1, 0.15) is 27.7 Å². The van der Waals surface area contributed by atoms with Crippen molar-refractivity contribution in [3.63, 3.8) is 0 Å². The molecule has 0 radical (unpaired) electrons. The van der Waals surface area contributed by atoms with Crippen molar-refractivity contribution in [3.05, 3.63) is 24.3 Å². The Morgan fingerprint density at radius 1 is 0.889 bits per heavy atom. The lowest BCUT2D eigenvalue weighted by Gasteiger charge is -2.27. The van der Waals surface area contributed by atoms with Gasteiger partial charge in [-0.15, -0.1) is 0 Å². The highest BCUT2D eigenvalue weighted by atomic mass is 16.3. The van der Waals surface area contributed by atoms with E-state index in [1.807, 2.05) is 52.0 Å². The van der Waals surface area contributed by atoms with Crippen molar-refractivity contribution in [2.45, 2.75) is 38.8 Å². The van der Waals surface area contributed by atoms with Crippen LogP contribution < -0.4 is 10.6 Å². The number of hydrogen-bond acceptors (Lipinski definition) is 4. The third kappa shape index (κ3) is 4.55. The Kier molecular flexibility index (Phi) is 4.59. The lowest BCUT2D eigenvalue weighted by atomic mass is 10.1. The zero-order valence-corrected chi connectivity index (χ0v) is 11.6. The topological polar surface area (TPSA) is 64.5 Å². The van der Waals surface area contributed by atoms with E-state index >= 15 is 0 Å². The van der Waals surface area contributed by atoms with Crippen LogP contribution >= 0.6 is 0 Å². The minimum Gasteiger partial charge on any atom is -0.394 e. The average Bonchev–Trinajstić information content (AvgIpc) is 2.28. The first-order valence-corrected chi connectivity index (χ1v) is 6.16. The Morgan fingerprint density at radius 3 is 1.61 bits per heavy atom. The molecule has 18 heavy (non-hydrogen) atoms. The van der Waals surface area contributed by atoms with Gasteiger partial charge in [0.2, 0.25) is 0 Å². The molecule has 0 aliphatic carbocycles. The van der Waals surface area contributed by atoms with Gasteiger partial charge in [-0.25, -0.2) is 0 Å². The Morgan fingerprint density at radius 2 is 1.28 bits per heavy atom. The number of rotatable bonds is 6. The Bertz CT molecular complexity index is 356. The fourth-order valence-electron chi connectivity index (χ4n) is 1.54. The molecular weight excluding hydrogens is 228 g/mol. The lowest BCUT2D eigenvalue weighted by Crippen LogP contribution is -2.36. The van der Waals surface area contributed by atoms with Gasteiger partial charge in [-0.3, -0.25) is 0 Å². The summed E-state index contributed by atoms with van der Waals surface area (Å²) in [7, 11) is 0. The summed E-state index contributed by atoms with van der Waals surface area (Å²) in [5.74, 6) is 0. The zero-order valence-electron chi connectivity index (χ0n) is 11.6. The Labute approximate surface area is 109 Å². The van der Waals surface area contributed by atoms with E-state index in [4.69, 9.17) is 0 Å². The van der Waals surface area contributed by atoms with Gasteiger partial charge in [0.15, 0.2) is 0 Å². The average molecular weight is 252 g/mol. The van der Waals surface area contributed by atoms with Crippen LogP contribution in [0.3, 0.4) is 0 Å². The maximum absolute atomic E-state index is 9.24. The molecule has 0 saturated carbocycles. The summed E-state index contributed by atoms with van der Waals surface area (Å²) < 4.78 is 0. The third-order valence-corrected chi connectivity index (χ3v) is 2.62. The van der Waals surface area contributed by atoms with Gasteiger partial charge in [-0.2, -0.15) is 0 Å². The number of hydrogen-bond donors (Lipinski definition) is 4. The predicted octanol–water partition coefficient (Wildman–Crippen LogP) is 2.05. The van der Waals surface area contributed by atoms with Gasteiger partial charge in [0.1, 0.15) is 0 Å². The molecule has 4 nitrogen and oxygen atoms in total. The molecule has 0 aliphatic rings. The monoisotopic (exact) mass is 252 g/mol. The van der Waals surface area contributed by atoms with Crippen molar-refractivity contribution in [1.82, 2.24) is 0 Å². The molecule has 102 valence electrons. The second-order valence-electron chi connectivity index (χ2n) is 5.91. The fourth-order valence-corrected chi connectivity index (χ4v) is 1.54. The van der Waals surface area contributed by atoms with Gasteiger partial charge in [0, 0.05) is 11.4 Å².